The molecule has 0 bridgehead atoms. The van der Waals surface area contributed by atoms with E-state index in [-0.39, 0.29) is 5.41 Å². The molecule has 0 atom stereocenters. The molecule has 0 unspecified atom stereocenters. The standard InChI is InChI=1S/C13H28N2O/c1-4-13(5-2,12-16)11-15-9-7-14(6-3)8-10-15/h16H,4-12H2,1-3H3. The third-order valence-corrected chi connectivity index (χ3v) is 4.31. The third kappa shape index (κ3) is 3.44. The van der Waals surface area contributed by atoms with Gasteiger partial charge in [-0.25, -0.2) is 0 Å². The highest BCUT2D eigenvalue weighted by molar-refractivity contribution is 4.82. The van der Waals surface area contributed by atoms with Crippen LogP contribution in [0.3, 0.4) is 0 Å². The molecular weight excluding hydrogens is 200 g/mol. The second-order valence-electron chi connectivity index (χ2n) is 5.08. The van der Waals surface area contributed by atoms with Crippen molar-refractivity contribution >= 4 is 0 Å². The van der Waals surface area contributed by atoms with Crippen LogP contribution < -0.4 is 0 Å². The van der Waals surface area contributed by atoms with Crippen LogP contribution in [0.4, 0.5) is 0 Å². The second kappa shape index (κ2) is 6.58. The molecular formula is C13H28N2O. The Hall–Kier alpha value is -0.120. The molecule has 1 rings (SSSR count). The van der Waals surface area contributed by atoms with E-state index in [9.17, 15) is 5.11 Å². The fourth-order valence-electron chi connectivity index (χ4n) is 2.49. The Morgan fingerprint density at radius 1 is 0.938 bits per heavy atom. The summed E-state index contributed by atoms with van der Waals surface area (Å²) >= 11 is 0. The van der Waals surface area contributed by atoms with Gasteiger partial charge in [-0.05, 0) is 19.4 Å². The molecule has 3 heteroatoms. The van der Waals surface area contributed by atoms with E-state index >= 15 is 0 Å². The van der Waals surface area contributed by atoms with Crippen molar-refractivity contribution in [3.63, 3.8) is 0 Å². The smallest absolute Gasteiger partial charge is 0.0499 e. The molecule has 0 aliphatic carbocycles. The molecule has 96 valence electrons. The first-order valence-corrected chi connectivity index (χ1v) is 6.75. The molecule has 3 nitrogen and oxygen atoms in total. The van der Waals surface area contributed by atoms with Gasteiger partial charge in [0.05, 0.1) is 0 Å². The van der Waals surface area contributed by atoms with E-state index in [0.717, 1.165) is 32.5 Å². The van der Waals surface area contributed by atoms with Gasteiger partial charge in [-0.15, -0.1) is 0 Å². The highest BCUT2D eigenvalue weighted by Crippen LogP contribution is 2.27. The molecule has 1 heterocycles. The summed E-state index contributed by atoms with van der Waals surface area (Å²) in [4.78, 5) is 5.02. The monoisotopic (exact) mass is 228 g/mol. The molecule has 1 fully saturated rings. The maximum atomic E-state index is 9.57. The average Bonchev–Trinajstić information content (AvgIpc) is 2.37. The van der Waals surface area contributed by atoms with Crippen molar-refractivity contribution in [1.82, 2.24) is 9.80 Å². The van der Waals surface area contributed by atoms with Crippen molar-refractivity contribution in [2.45, 2.75) is 33.6 Å². The largest absolute Gasteiger partial charge is 0.396 e. The first kappa shape index (κ1) is 13.9. The summed E-state index contributed by atoms with van der Waals surface area (Å²) in [6.45, 7) is 13.9. The normalized spacial score (nSPS) is 20.2. The Morgan fingerprint density at radius 2 is 1.44 bits per heavy atom. The summed E-state index contributed by atoms with van der Waals surface area (Å²) < 4.78 is 0. The van der Waals surface area contributed by atoms with E-state index in [1.54, 1.807) is 0 Å². The highest BCUT2D eigenvalue weighted by atomic mass is 16.3. The van der Waals surface area contributed by atoms with Crippen LogP contribution in [-0.2, 0) is 0 Å². The van der Waals surface area contributed by atoms with E-state index < -0.39 is 0 Å². The van der Waals surface area contributed by atoms with Crippen molar-refractivity contribution < 1.29 is 5.11 Å². The Balaban J connectivity index is 2.42. The minimum absolute atomic E-state index is 0.133. The number of hydrogen-bond donors (Lipinski definition) is 1. The zero-order valence-corrected chi connectivity index (χ0v) is 11.2. The Labute approximate surface area is 100 Å². The lowest BCUT2D eigenvalue weighted by molar-refractivity contribution is 0.0417. The lowest BCUT2D eigenvalue weighted by atomic mass is 9.82. The first-order valence-electron chi connectivity index (χ1n) is 6.75. The number of nitrogens with zero attached hydrogens (tertiary/aromatic N) is 2. The van der Waals surface area contributed by atoms with Gasteiger partial charge in [-0.1, -0.05) is 20.8 Å². The van der Waals surface area contributed by atoms with Crippen LogP contribution >= 0.6 is 0 Å². The van der Waals surface area contributed by atoms with Gasteiger partial charge in [0.15, 0.2) is 0 Å². The minimum atomic E-state index is 0.133. The van der Waals surface area contributed by atoms with E-state index in [0.29, 0.717) is 6.61 Å². The number of aliphatic hydroxyl groups is 1. The fraction of sp³-hybridized carbons (Fsp3) is 1.00. The highest BCUT2D eigenvalue weighted by Gasteiger charge is 2.29. The molecule has 0 aromatic heterocycles. The summed E-state index contributed by atoms with van der Waals surface area (Å²) in [5, 5.41) is 9.57. The lowest BCUT2D eigenvalue weighted by Crippen LogP contribution is -2.50. The quantitative estimate of drug-likeness (QED) is 0.745. The Morgan fingerprint density at radius 3 is 1.81 bits per heavy atom. The topological polar surface area (TPSA) is 26.7 Å². The Bertz CT molecular complexity index is 176. The number of aliphatic hydroxyl groups excluding tert-OH is 1. The number of rotatable bonds is 6. The van der Waals surface area contributed by atoms with Crippen LogP contribution in [0.1, 0.15) is 33.6 Å². The second-order valence-corrected chi connectivity index (χ2v) is 5.08. The van der Waals surface area contributed by atoms with Crippen LogP contribution in [0.15, 0.2) is 0 Å². The van der Waals surface area contributed by atoms with Gasteiger partial charge in [-0.2, -0.15) is 0 Å². The summed E-state index contributed by atoms with van der Waals surface area (Å²) in [5.41, 5.74) is 0.133. The molecule has 0 radical (unpaired) electrons. The van der Waals surface area contributed by atoms with Crippen LogP contribution in [0.2, 0.25) is 0 Å². The molecule has 1 N–H and O–H groups in total. The van der Waals surface area contributed by atoms with E-state index in [4.69, 9.17) is 0 Å². The molecule has 0 aromatic rings. The molecule has 0 aromatic carbocycles. The number of hydrogen-bond acceptors (Lipinski definition) is 3. The molecule has 1 aliphatic rings. The van der Waals surface area contributed by atoms with Gasteiger partial charge < -0.3 is 14.9 Å². The summed E-state index contributed by atoms with van der Waals surface area (Å²) in [7, 11) is 0. The van der Waals surface area contributed by atoms with Gasteiger partial charge in [0.2, 0.25) is 0 Å². The predicted molar refractivity (Wildman–Crippen MR) is 68.7 cm³/mol. The molecule has 0 spiro atoms. The number of likely N-dealkylation sites (N-methyl/N-ethyl adjacent to an activating group) is 1. The van der Waals surface area contributed by atoms with Crippen LogP contribution in [-0.4, -0.2) is 60.8 Å². The SMILES string of the molecule is CCN1CCN(CC(CC)(CC)CO)CC1. The molecule has 0 amide bonds. The van der Waals surface area contributed by atoms with Gasteiger partial charge >= 0.3 is 0 Å². The zero-order valence-electron chi connectivity index (χ0n) is 11.2. The van der Waals surface area contributed by atoms with Crippen LogP contribution in [0.5, 0.6) is 0 Å². The minimum Gasteiger partial charge on any atom is -0.396 e. The molecule has 0 saturated carbocycles. The van der Waals surface area contributed by atoms with Crippen molar-refractivity contribution in [3.8, 4) is 0 Å². The van der Waals surface area contributed by atoms with E-state index in [1.807, 2.05) is 0 Å². The van der Waals surface area contributed by atoms with Crippen LogP contribution in [0.25, 0.3) is 0 Å². The first-order chi connectivity index (χ1) is 7.69. The maximum Gasteiger partial charge on any atom is 0.0499 e. The van der Waals surface area contributed by atoms with Gasteiger partial charge in [0.1, 0.15) is 0 Å². The molecule has 1 aliphatic heterocycles. The lowest BCUT2D eigenvalue weighted by Gasteiger charge is -2.40. The predicted octanol–water partition coefficient (Wildman–Crippen LogP) is 1.42. The zero-order chi connectivity index (χ0) is 12.0. The van der Waals surface area contributed by atoms with Crippen LogP contribution in [0, 0.1) is 5.41 Å². The molecule has 16 heavy (non-hydrogen) atoms. The third-order valence-electron chi connectivity index (χ3n) is 4.31. The van der Waals surface area contributed by atoms with Crippen molar-refractivity contribution in [3.05, 3.63) is 0 Å². The Kier molecular flexibility index (Phi) is 5.73. The summed E-state index contributed by atoms with van der Waals surface area (Å²) in [5.74, 6) is 0. The summed E-state index contributed by atoms with van der Waals surface area (Å²) in [6, 6.07) is 0. The average molecular weight is 228 g/mol. The molecule has 1 saturated heterocycles. The van der Waals surface area contributed by atoms with Crippen molar-refractivity contribution in [1.29, 1.82) is 0 Å². The van der Waals surface area contributed by atoms with Gasteiger partial charge in [-0.3, -0.25) is 0 Å². The van der Waals surface area contributed by atoms with E-state index in [2.05, 4.69) is 30.6 Å². The number of piperazine rings is 1. The van der Waals surface area contributed by atoms with E-state index in [1.165, 1.54) is 19.6 Å². The van der Waals surface area contributed by atoms with Crippen molar-refractivity contribution in [2.24, 2.45) is 5.41 Å². The fourth-order valence-corrected chi connectivity index (χ4v) is 2.49. The summed E-state index contributed by atoms with van der Waals surface area (Å²) in [6.07, 6.45) is 2.15. The van der Waals surface area contributed by atoms with Gasteiger partial charge in [0.25, 0.3) is 0 Å². The van der Waals surface area contributed by atoms with Crippen molar-refractivity contribution in [2.75, 3.05) is 45.9 Å². The van der Waals surface area contributed by atoms with Gasteiger partial charge in [0, 0.05) is 44.7 Å². The maximum absolute atomic E-state index is 9.57.